The summed E-state index contributed by atoms with van der Waals surface area (Å²) in [5, 5.41) is 0.905. The number of methoxy groups -OCH3 is 1. The molecule has 1 aromatic carbocycles. The first-order valence-electron chi connectivity index (χ1n) is 5.02. The highest BCUT2D eigenvalue weighted by molar-refractivity contribution is 7.12. The van der Waals surface area contributed by atoms with Crippen molar-refractivity contribution in [3.05, 3.63) is 33.9 Å². The molecule has 0 aliphatic rings. The number of benzene rings is 1. The van der Waals surface area contributed by atoms with Crippen molar-refractivity contribution in [1.29, 1.82) is 0 Å². The van der Waals surface area contributed by atoms with Gasteiger partial charge >= 0.3 is 0 Å². The van der Waals surface area contributed by atoms with Crippen LogP contribution in [0.3, 0.4) is 0 Å². The molecule has 0 fully saturated rings. The molecule has 5 heteroatoms. The Hall–Kier alpha value is -1.13. The van der Waals surface area contributed by atoms with Gasteiger partial charge in [0.1, 0.15) is 11.6 Å². The minimum Gasteiger partial charge on any atom is -0.496 e. The van der Waals surface area contributed by atoms with Gasteiger partial charge in [0.05, 0.1) is 23.7 Å². The van der Waals surface area contributed by atoms with Crippen LogP contribution in [0, 0.1) is 12.7 Å². The van der Waals surface area contributed by atoms with Crippen molar-refractivity contribution in [3.8, 4) is 17.0 Å². The van der Waals surface area contributed by atoms with Crippen molar-refractivity contribution in [2.45, 2.75) is 12.8 Å². The Kier molecular flexibility index (Phi) is 3.64. The van der Waals surface area contributed by atoms with Gasteiger partial charge in [-0.25, -0.2) is 9.37 Å². The standard InChI is InChI=1S/C12H11ClFNOS/c1-7-15-12(11(6-13)17-7)9-5-8(14)3-4-10(9)16-2/h3-5H,6H2,1-2H3. The fourth-order valence-corrected chi connectivity index (χ4v) is 2.73. The summed E-state index contributed by atoms with van der Waals surface area (Å²) in [7, 11) is 1.55. The smallest absolute Gasteiger partial charge is 0.128 e. The molecule has 2 rings (SSSR count). The number of halogens is 2. The van der Waals surface area contributed by atoms with Crippen LogP contribution in [0.15, 0.2) is 18.2 Å². The van der Waals surface area contributed by atoms with Crippen LogP contribution in [0.4, 0.5) is 4.39 Å². The summed E-state index contributed by atoms with van der Waals surface area (Å²) in [4.78, 5) is 5.31. The van der Waals surface area contributed by atoms with Crippen LogP contribution >= 0.6 is 22.9 Å². The monoisotopic (exact) mass is 271 g/mol. The van der Waals surface area contributed by atoms with Crippen molar-refractivity contribution in [1.82, 2.24) is 4.98 Å². The summed E-state index contributed by atoms with van der Waals surface area (Å²) < 4.78 is 18.5. The molecule has 0 unspecified atom stereocenters. The third kappa shape index (κ3) is 2.42. The molecule has 2 nitrogen and oxygen atoms in total. The second-order valence-corrected chi connectivity index (χ2v) is 5.04. The molecule has 17 heavy (non-hydrogen) atoms. The molecule has 1 aromatic heterocycles. The van der Waals surface area contributed by atoms with Gasteiger partial charge in [0.25, 0.3) is 0 Å². The zero-order valence-corrected chi connectivity index (χ0v) is 11.0. The quantitative estimate of drug-likeness (QED) is 0.787. The predicted octanol–water partition coefficient (Wildman–Crippen LogP) is 4.01. The van der Waals surface area contributed by atoms with Gasteiger partial charge in [-0.15, -0.1) is 22.9 Å². The molecule has 0 aliphatic heterocycles. The first-order valence-corrected chi connectivity index (χ1v) is 6.37. The fourth-order valence-electron chi connectivity index (χ4n) is 1.64. The molecular weight excluding hydrogens is 261 g/mol. The van der Waals surface area contributed by atoms with E-state index in [0.29, 0.717) is 22.9 Å². The summed E-state index contributed by atoms with van der Waals surface area (Å²) in [5.74, 6) is 0.649. The molecule has 2 aromatic rings. The number of nitrogens with zero attached hydrogens (tertiary/aromatic N) is 1. The highest BCUT2D eigenvalue weighted by Crippen LogP contribution is 2.35. The van der Waals surface area contributed by atoms with E-state index in [4.69, 9.17) is 16.3 Å². The van der Waals surface area contributed by atoms with Crippen LogP contribution < -0.4 is 4.74 Å². The van der Waals surface area contributed by atoms with Crippen LogP contribution in [0.5, 0.6) is 5.75 Å². The summed E-state index contributed by atoms with van der Waals surface area (Å²) in [5.41, 5.74) is 1.35. The largest absolute Gasteiger partial charge is 0.496 e. The van der Waals surface area contributed by atoms with Gasteiger partial charge in [-0.3, -0.25) is 0 Å². The summed E-state index contributed by atoms with van der Waals surface area (Å²) in [6, 6.07) is 4.38. The zero-order valence-electron chi connectivity index (χ0n) is 9.46. The number of ether oxygens (including phenoxy) is 1. The van der Waals surface area contributed by atoms with Gasteiger partial charge < -0.3 is 4.74 Å². The highest BCUT2D eigenvalue weighted by Gasteiger charge is 2.15. The highest BCUT2D eigenvalue weighted by atomic mass is 35.5. The third-order valence-corrected chi connectivity index (χ3v) is 3.74. The molecule has 0 aliphatic carbocycles. The third-order valence-electron chi connectivity index (χ3n) is 2.34. The van der Waals surface area contributed by atoms with Crippen molar-refractivity contribution >= 4 is 22.9 Å². The average Bonchev–Trinajstić information content (AvgIpc) is 2.70. The minimum absolute atomic E-state index is 0.313. The van der Waals surface area contributed by atoms with E-state index in [1.54, 1.807) is 13.2 Å². The Bertz CT molecular complexity index is 541. The molecule has 0 radical (unpaired) electrons. The molecule has 0 atom stereocenters. The lowest BCUT2D eigenvalue weighted by molar-refractivity contribution is 0.415. The van der Waals surface area contributed by atoms with Gasteiger partial charge in [0.15, 0.2) is 0 Å². The summed E-state index contributed by atoms with van der Waals surface area (Å²) in [6.45, 7) is 1.90. The van der Waals surface area contributed by atoms with E-state index in [1.807, 2.05) is 6.92 Å². The number of hydrogen-bond donors (Lipinski definition) is 0. The maximum Gasteiger partial charge on any atom is 0.128 e. The van der Waals surface area contributed by atoms with E-state index < -0.39 is 0 Å². The number of thiazole rings is 1. The second-order valence-electron chi connectivity index (χ2n) is 3.48. The molecular formula is C12H11ClFNOS. The summed E-state index contributed by atoms with van der Waals surface area (Å²) >= 11 is 7.38. The maximum atomic E-state index is 13.3. The van der Waals surface area contributed by atoms with E-state index in [-0.39, 0.29) is 5.82 Å². The molecule has 1 heterocycles. The Morgan fingerprint density at radius 1 is 1.47 bits per heavy atom. The molecule has 0 N–H and O–H groups in total. The first-order chi connectivity index (χ1) is 8.15. The zero-order chi connectivity index (χ0) is 12.4. The number of alkyl halides is 1. The molecule has 0 saturated heterocycles. The van der Waals surface area contributed by atoms with Gasteiger partial charge in [-0.05, 0) is 25.1 Å². The first kappa shape index (κ1) is 12.3. The van der Waals surface area contributed by atoms with E-state index in [1.165, 1.54) is 23.5 Å². The Balaban J connectivity index is 2.61. The van der Waals surface area contributed by atoms with Gasteiger partial charge in [-0.2, -0.15) is 0 Å². The predicted molar refractivity (Wildman–Crippen MR) is 68.4 cm³/mol. The SMILES string of the molecule is COc1ccc(F)cc1-c1nc(C)sc1CCl. The van der Waals surface area contributed by atoms with E-state index in [0.717, 1.165) is 9.88 Å². The maximum absolute atomic E-state index is 13.3. The van der Waals surface area contributed by atoms with Crippen LogP contribution in [-0.2, 0) is 5.88 Å². The number of aryl methyl sites for hydroxylation is 1. The number of rotatable bonds is 3. The van der Waals surface area contributed by atoms with Crippen LogP contribution in [0.1, 0.15) is 9.88 Å². The lowest BCUT2D eigenvalue weighted by Crippen LogP contribution is -1.91. The topological polar surface area (TPSA) is 22.1 Å². The Morgan fingerprint density at radius 3 is 2.88 bits per heavy atom. The summed E-state index contributed by atoms with van der Waals surface area (Å²) in [6.07, 6.45) is 0. The van der Waals surface area contributed by atoms with Gasteiger partial charge in [-0.1, -0.05) is 0 Å². The van der Waals surface area contributed by atoms with Crippen LogP contribution in [-0.4, -0.2) is 12.1 Å². The van der Waals surface area contributed by atoms with Crippen LogP contribution in [0.25, 0.3) is 11.3 Å². The van der Waals surface area contributed by atoms with E-state index in [9.17, 15) is 4.39 Å². The average molecular weight is 272 g/mol. The Morgan fingerprint density at radius 2 is 2.24 bits per heavy atom. The Labute approximate surface area is 108 Å². The van der Waals surface area contributed by atoms with Gasteiger partial charge in [0, 0.05) is 10.4 Å². The van der Waals surface area contributed by atoms with Crippen molar-refractivity contribution in [2.75, 3.05) is 7.11 Å². The molecule has 0 saturated carbocycles. The second kappa shape index (κ2) is 5.02. The van der Waals surface area contributed by atoms with E-state index in [2.05, 4.69) is 4.98 Å². The number of aromatic nitrogens is 1. The molecule has 90 valence electrons. The van der Waals surface area contributed by atoms with E-state index >= 15 is 0 Å². The fraction of sp³-hybridized carbons (Fsp3) is 0.250. The molecule has 0 bridgehead atoms. The van der Waals surface area contributed by atoms with Crippen molar-refractivity contribution < 1.29 is 9.13 Å². The van der Waals surface area contributed by atoms with Gasteiger partial charge in [0.2, 0.25) is 0 Å². The molecule has 0 amide bonds. The lowest BCUT2D eigenvalue weighted by atomic mass is 10.1. The number of hydrogen-bond acceptors (Lipinski definition) is 3. The van der Waals surface area contributed by atoms with Crippen molar-refractivity contribution in [2.24, 2.45) is 0 Å². The van der Waals surface area contributed by atoms with Crippen LogP contribution in [0.2, 0.25) is 0 Å². The normalized spacial score (nSPS) is 10.6. The lowest BCUT2D eigenvalue weighted by Gasteiger charge is -2.07. The minimum atomic E-state index is -0.313. The van der Waals surface area contributed by atoms with Crippen molar-refractivity contribution in [3.63, 3.8) is 0 Å². The molecule has 0 spiro atoms.